The van der Waals surface area contributed by atoms with Crippen LogP contribution in [0.25, 0.3) is 21.9 Å². The number of hydrogen-bond acceptors (Lipinski definition) is 6. The molecule has 1 aliphatic carbocycles. The number of pyridine rings is 2. The van der Waals surface area contributed by atoms with E-state index in [-0.39, 0.29) is 23.7 Å². The van der Waals surface area contributed by atoms with Crippen molar-refractivity contribution in [2.24, 2.45) is 5.41 Å². The predicted molar refractivity (Wildman–Crippen MR) is 141 cm³/mol. The van der Waals surface area contributed by atoms with Crippen molar-refractivity contribution in [1.82, 2.24) is 20.2 Å². The minimum absolute atomic E-state index is 0.00593. The summed E-state index contributed by atoms with van der Waals surface area (Å²) in [5.41, 5.74) is 10.1. The van der Waals surface area contributed by atoms with Crippen LogP contribution in [0.1, 0.15) is 30.5 Å². The first-order valence-electron chi connectivity index (χ1n) is 12.9. The lowest BCUT2D eigenvalue weighted by Crippen LogP contribution is -2.67. The number of aromatic nitrogens is 2. The van der Waals surface area contributed by atoms with E-state index in [0.717, 1.165) is 49.2 Å². The van der Waals surface area contributed by atoms with Crippen LogP contribution in [0.2, 0.25) is 0 Å². The highest BCUT2D eigenvalue weighted by Gasteiger charge is 2.52. The maximum atomic E-state index is 15.4. The van der Waals surface area contributed by atoms with Gasteiger partial charge in [-0.2, -0.15) is 0 Å². The van der Waals surface area contributed by atoms with Crippen LogP contribution in [-0.2, 0) is 6.42 Å². The number of urea groups is 1. The normalized spacial score (nSPS) is 18.6. The lowest BCUT2D eigenvalue weighted by atomic mass is 9.60. The number of nitrogens with two attached hydrogens (primary N) is 1. The molecular weight excluding hydrogens is 495 g/mol. The number of hydrogen-bond donors (Lipinski definition) is 4. The zero-order valence-corrected chi connectivity index (χ0v) is 21.1. The van der Waals surface area contributed by atoms with Crippen LogP contribution in [0.15, 0.2) is 24.5 Å². The Hall–Kier alpha value is -3.60. The number of anilines is 3. The molecule has 0 radical (unpaired) electrons. The molecule has 2 aliphatic heterocycles. The van der Waals surface area contributed by atoms with Crippen molar-refractivity contribution in [3.05, 3.63) is 41.6 Å². The summed E-state index contributed by atoms with van der Waals surface area (Å²) in [5, 5.41) is 10.2. The Balaban J connectivity index is 1.16. The lowest BCUT2D eigenvalue weighted by molar-refractivity contribution is -0.0936. The van der Waals surface area contributed by atoms with Gasteiger partial charge in [0.15, 0.2) is 5.82 Å². The van der Waals surface area contributed by atoms with E-state index >= 15 is 4.39 Å². The largest absolute Gasteiger partial charge is 0.396 e. The monoisotopic (exact) mass is 525 g/mol. The predicted octanol–water partition coefficient (Wildman–Crippen LogP) is 4.54. The number of nitrogens with zero attached hydrogens (tertiary/aromatic N) is 3. The van der Waals surface area contributed by atoms with E-state index in [1.54, 1.807) is 23.2 Å². The highest BCUT2D eigenvalue weighted by atomic mass is 19.3. The van der Waals surface area contributed by atoms with Gasteiger partial charge in [0.2, 0.25) is 0 Å². The molecule has 0 atom stereocenters. The third kappa shape index (κ3) is 4.38. The smallest absolute Gasteiger partial charge is 0.320 e. The lowest BCUT2D eigenvalue weighted by Gasteiger charge is -2.59. The van der Waals surface area contributed by atoms with Gasteiger partial charge in [0.25, 0.3) is 6.43 Å². The number of halogens is 3. The molecule has 3 aromatic rings. The van der Waals surface area contributed by atoms with Gasteiger partial charge in [0, 0.05) is 54.6 Å². The minimum Gasteiger partial charge on any atom is -0.396 e. The summed E-state index contributed by atoms with van der Waals surface area (Å²) in [6, 6.07) is 2.98. The molecule has 0 unspecified atom stereocenters. The molecule has 1 spiro atoms. The quantitative estimate of drug-likeness (QED) is 0.365. The molecule has 2 aromatic heterocycles. The number of fused-ring (bicyclic) bond motifs is 2. The molecule has 1 saturated heterocycles. The van der Waals surface area contributed by atoms with Crippen molar-refractivity contribution in [3.8, 4) is 11.1 Å². The average Bonchev–Trinajstić information content (AvgIpc) is 2.84. The van der Waals surface area contributed by atoms with Crippen molar-refractivity contribution < 1.29 is 18.0 Å². The van der Waals surface area contributed by atoms with E-state index in [0.29, 0.717) is 40.8 Å². The third-order valence-electron chi connectivity index (χ3n) is 8.05. The van der Waals surface area contributed by atoms with Gasteiger partial charge < -0.3 is 16.4 Å². The summed E-state index contributed by atoms with van der Waals surface area (Å²) in [6.07, 6.45) is 4.26. The number of benzene rings is 1. The van der Waals surface area contributed by atoms with Gasteiger partial charge in [0.05, 0.1) is 23.6 Å². The number of aryl methyl sites for hydroxylation is 1. The Morgan fingerprint density at radius 1 is 1.24 bits per heavy atom. The SMILES string of the molecule is Cc1c(-c2cc3cc(NC(=O)NC4CC5(C4)CN(CC(F)F)C5)ncc3c(N)c2F)cnc2c1NCCC2. The maximum absolute atomic E-state index is 15.4. The summed E-state index contributed by atoms with van der Waals surface area (Å²) in [7, 11) is 0. The van der Waals surface area contributed by atoms with Crippen molar-refractivity contribution in [1.29, 1.82) is 0 Å². The first kappa shape index (κ1) is 24.7. The number of carbonyl (C=O) groups excluding carboxylic acids is 1. The zero-order chi connectivity index (χ0) is 26.6. The number of alkyl halides is 2. The molecule has 38 heavy (non-hydrogen) atoms. The first-order chi connectivity index (χ1) is 18.2. The van der Waals surface area contributed by atoms with Crippen LogP contribution in [0, 0.1) is 18.2 Å². The summed E-state index contributed by atoms with van der Waals surface area (Å²) < 4.78 is 40.4. The third-order valence-corrected chi connectivity index (χ3v) is 8.05. The molecule has 11 heteroatoms. The number of rotatable bonds is 5. The second kappa shape index (κ2) is 9.30. The van der Waals surface area contributed by atoms with Gasteiger partial charge in [0.1, 0.15) is 5.82 Å². The van der Waals surface area contributed by atoms with E-state index in [4.69, 9.17) is 5.73 Å². The topological polar surface area (TPSA) is 108 Å². The fourth-order valence-corrected chi connectivity index (χ4v) is 6.29. The van der Waals surface area contributed by atoms with E-state index in [2.05, 4.69) is 25.9 Å². The van der Waals surface area contributed by atoms with Gasteiger partial charge >= 0.3 is 6.03 Å². The van der Waals surface area contributed by atoms with Crippen molar-refractivity contribution >= 4 is 34.0 Å². The van der Waals surface area contributed by atoms with Crippen molar-refractivity contribution in [2.75, 3.05) is 42.5 Å². The fraction of sp³-hybridized carbons (Fsp3) is 0.444. The summed E-state index contributed by atoms with van der Waals surface area (Å²) >= 11 is 0. The Morgan fingerprint density at radius 3 is 2.79 bits per heavy atom. The van der Waals surface area contributed by atoms with Gasteiger partial charge in [-0.15, -0.1) is 0 Å². The summed E-state index contributed by atoms with van der Waals surface area (Å²) in [6.45, 7) is 3.91. The highest BCUT2D eigenvalue weighted by Crippen LogP contribution is 2.48. The van der Waals surface area contributed by atoms with E-state index in [9.17, 15) is 13.6 Å². The molecule has 2 fully saturated rings. The van der Waals surface area contributed by atoms with Gasteiger partial charge in [-0.3, -0.25) is 15.2 Å². The van der Waals surface area contributed by atoms with E-state index < -0.39 is 18.3 Å². The van der Waals surface area contributed by atoms with Gasteiger partial charge in [-0.05, 0) is 61.1 Å². The van der Waals surface area contributed by atoms with Crippen molar-refractivity contribution in [2.45, 2.75) is 45.1 Å². The van der Waals surface area contributed by atoms with Crippen LogP contribution in [-0.4, -0.2) is 59.5 Å². The molecule has 2 amide bonds. The van der Waals surface area contributed by atoms with Gasteiger partial charge in [-0.25, -0.2) is 22.9 Å². The molecule has 5 N–H and O–H groups in total. The number of carbonyl (C=O) groups is 1. The van der Waals surface area contributed by atoms with E-state index in [1.165, 1.54) is 6.20 Å². The zero-order valence-electron chi connectivity index (χ0n) is 21.1. The van der Waals surface area contributed by atoms with Crippen LogP contribution < -0.4 is 21.7 Å². The molecule has 1 aromatic carbocycles. The van der Waals surface area contributed by atoms with Crippen LogP contribution >= 0.6 is 0 Å². The first-order valence-corrected chi connectivity index (χ1v) is 12.9. The van der Waals surface area contributed by atoms with Crippen LogP contribution in [0.5, 0.6) is 0 Å². The molecule has 4 heterocycles. The molecule has 200 valence electrons. The maximum Gasteiger partial charge on any atom is 0.320 e. The number of likely N-dealkylation sites (tertiary alicyclic amines) is 1. The minimum atomic E-state index is -2.32. The molecule has 1 saturated carbocycles. The Morgan fingerprint density at radius 2 is 2.03 bits per heavy atom. The fourth-order valence-electron chi connectivity index (χ4n) is 6.29. The standard InChI is InChI=1S/C27H30F3N7O/c1-14-18(9-33-20-3-2-4-32-25(14)20)17-5-15-6-22(34-10-19(15)24(31)23(17)30)36-26(38)35-16-7-27(8-16)12-37(13-27)11-21(28)29/h5-6,9-10,16,21,32H,2-4,7-8,11-13,31H2,1H3,(H2,34,35,36,38). The Bertz CT molecular complexity index is 1420. The molecule has 3 aliphatic rings. The molecular formula is C27H30F3N7O. The summed E-state index contributed by atoms with van der Waals surface area (Å²) in [4.78, 5) is 23.2. The van der Waals surface area contributed by atoms with Gasteiger partial charge in [-0.1, -0.05) is 0 Å². The Labute approximate surface area is 218 Å². The molecule has 6 rings (SSSR count). The van der Waals surface area contributed by atoms with Crippen LogP contribution in [0.4, 0.5) is 35.2 Å². The Kier molecular flexibility index (Phi) is 6.05. The van der Waals surface area contributed by atoms with Crippen LogP contribution in [0.3, 0.4) is 0 Å². The second-order valence-electron chi connectivity index (χ2n) is 10.9. The number of nitrogen functional groups attached to an aromatic ring is 1. The molecule has 0 bridgehead atoms. The average molecular weight is 526 g/mol. The number of nitrogens with one attached hydrogen (secondary N) is 3. The molecule has 8 nitrogen and oxygen atoms in total. The highest BCUT2D eigenvalue weighted by molar-refractivity contribution is 6.00. The summed E-state index contributed by atoms with van der Waals surface area (Å²) in [5.74, 6) is -0.213. The second-order valence-corrected chi connectivity index (χ2v) is 10.9. The van der Waals surface area contributed by atoms with E-state index in [1.807, 2.05) is 6.92 Å². The van der Waals surface area contributed by atoms with Crippen molar-refractivity contribution in [3.63, 3.8) is 0 Å². The number of amides is 2.